The van der Waals surface area contributed by atoms with Crippen molar-refractivity contribution < 1.29 is 28.6 Å². The summed E-state index contributed by atoms with van der Waals surface area (Å²) >= 11 is 0. The highest BCUT2D eigenvalue weighted by Gasteiger charge is 2.19. The van der Waals surface area contributed by atoms with Gasteiger partial charge in [-0.2, -0.15) is 0 Å². The van der Waals surface area contributed by atoms with Gasteiger partial charge in [-0.05, 0) is 25.2 Å². The quantitative estimate of drug-likeness (QED) is 0.0344. The van der Waals surface area contributed by atoms with E-state index in [1.165, 1.54) is 231 Å². The number of carbonyl (C=O) groups excluding carboxylic acids is 3. The fourth-order valence-corrected chi connectivity index (χ4v) is 9.10. The lowest BCUT2D eigenvalue weighted by atomic mass is 10.0. The molecule has 0 spiro atoms. The number of carbonyl (C=O) groups is 3. The van der Waals surface area contributed by atoms with Gasteiger partial charge in [-0.25, -0.2) is 0 Å². The second-order valence-electron chi connectivity index (χ2n) is 20.8. The van der Waals surface area contributed by atoms with E-state index in [2.05, 4.69) is 27.7 Å². The number of ether oxygens (including phenoxy) is 3. The van der Waals surface area contributed by atoms with E-state index in [-0.39, 0.29) is 31.1 Å². The fraction of sp³-hybridized carbons (Fsp3) is 0.949. The lowest BCUT2D eigenvalue weighted by Crippen LogP contribution is -2.30. The van der Waals surface area contributed by atoms with Crippen LogP contribution < -0.4 is 0 Å². The van der Waals surface area contributed by atoms with Crippen LogP contribution in [0.2, 0.25) is 0 Å². The van der Waals surface area contributed by atoms with Crippen LogP contribution in [0.4, 0.5) is 0 Å². The van der Waals surface area contributed by atoms with Gasteiger partial charge in [-0.3, -0.25) is 14.4 Å². The van der Waals surface area contributed by atoms with Gasteiger partial charge < -0.3 is 14.2 Å². The highest BCUT2D eigenvalue weighted by molar-refractivity contribution is 5.71. The standard InChI is InChI=1S/C59H114O6/c1-5-7-9-11-13-15-17-19-20-21-22-23-27-31-35-39-43-47-51-58(61)64-54-56(53-63-57(60)50-46-42-38-34-30-25-18-16-14-12-10-8-6-2)65-59(62)52-48-44-40-36-32-28-24-26-29-33-37-41-45-49-55(3)4/h55-56H,5-54H2,1-4H3/t56-/m1/s1. The first kappa shape index (κ1) is 63.4. The molecule has 0 fully saturated rings. The van der Waals surface area contributed by atoms with E-state index in [0.29, 0.717) is 19.3 Å². The number of hydrogen-bond donors (Lipinski definition) is 0. The average molecular weight is 920 g/mol. The molecule has 6 heteroatoms. The molecule has 0 aromatic heterocycles. The zero-order valence-corrected chi connectivity index (χ0v) is 44.5. The van der Waals surface area contributed by atoms with Crippen molar-refractivity contribution in [3.05, 3.63) is 0 Å². The molecule has 0 radical (unpaired) electrons. The maximum absolute atomic E-state index is 12.9. The van der Waals surface area contributed by atoms with E-state index in [9.17, 15) is 14.4 Å². The molecule has 0 saturated carbocycles. The predicted molar refractivity (Wildman–Crippen MR) is 280 cm³/mol. The fourth-order valence-electron chi connectivity index (χ4n) is 9.10. The highest BCUT2D eigenvalue weighted by Crippen LogP contribution is 2.18. The first-order valence-corrected chi connectivity index (χ1v) is 29.4. The minimum absolute atomic E-state index is 0.0617. The van der Waals surface area contributed by atoms with Crippen LogP contribution in [0.3, 0.4) is 0 Å². The highest BCUT2D eigenvalue weighted by atomic mass is 16.6. The molecule has 65 heavy (non-hydrogen) atoms. The maximum atomic E-state index is 12.9. The van der Waals surface area contributed by atoms with E-state index in [0.717, 1.165) is 63.7 Å². The second kappa shape index (κ2) is 53.4. The third-order valence-electron chi connectivity index (χ3n) is 13.5. The Morgan fingerprint density at radius 3 is 0.754 bits per heavy atom. The van der Waals surface area contributed by atoms with Crippen molar-refractivity contribution in [1.29, 1.82) is 0 Å². The Hall–Kier alpha value is -1.59. The molecular formula is C59H114O6. The van der Waals surface area contributed by atoms with Gasteiger partial charge in [0.25, 0.3) is 0 Å². The van der Waals surface area contributed by atoms with Crippen LogP contribution in [0.15, 0.2) is 0 Å². The Morgan fingerprint density at radius 2 is 0.508 bits per heavy atom. The van der Waals surface area contributed by atoms with Gasteiger partial charge in [0, 0.05) is 19.3 Å². The van der Waals surface area contributed by atoms with Crippen LogP contribution in [-0.2, 0) is 28.6 Å². The van der Waals surface area contributed by atoms with Gasteiger partial charge in [0.05, 0.1) is 0 Å². The Bertz CT molecular complexity index is 980. The van der Waals surface area contributed by atoms with E-state index >= 15 is 0 Å². The molecule has 0 amide bonds. The van der Waals surface area contributed by atoms with Crippen LogP contribution in [-0.4, -0.2) is 37.2 Å². The molecule has 0 aromatic carbocycles. The number of rotatable bonds is 54. The van der Waals surface area contributed by atoms with E-state index < -0.39 is 6.10 Å². The molecule has 1 atom stereocenters. The van der Waals surface area contributed by atoms with Gasteiger partial charge in [-0.15, -0.1) is 0 Å². The van der Waals surface area contributed by atoms with Gasteiger partial charge in [0.1, 0.15) is 13.2 Å². The monoisotopic (exact) mass is 919 g/mol. The number of esters is 3. The molecule has 0 aliphatic rings. The summed E-state index contributed by atoms with van der Waals surface area (Å²) in [6.07, 6.45) is 58.1. The zero-order chi connectivity index (χ0) is 47.4. The first-order valence-electron chi connectivity index (χ1n) is 29.4. The Morgan fingerprint density at radius 1 is 0.292 bits per heavy atom. The van der Waals surface area contributed by atoms with Crippen molar-refractivity contribution in [3.8, 4) is 0 Å². The third-order valence-corrected chi connectivity index (χ3v) is 13.5. The summed E-state index contributed by atoms with van der Waals surface area (Å²) in [5, 5.41) is 0. The summed E-state index contributed by atoms with van der Waals surface area (Å²) in [6, 6.07) is 0. The topological polar surface area (TPSA) is 78.9 Å². The van der Waals surface area contributed by atoms with Gasteiger partial charge >= 0.3 is 17.9 Å². The third kappa shape index (κ3) is 53.2. The minimum atomic E-state index is -0.762. The lowest BCUT2D eigenvalue weighted by Gasteiger charge is -2.18. The van der Waals surface area contributed by atoms with Crippen LogP contribution >= 0.6 is 0 Å². The maximum Gasteiger partial charge on any atom is 0.306 e. The van der Waals surface area contributed by atoms with Crippen LogP contribution in [0.1, 0.15) is 336 Å². The molecule has 0 aliphatic heterocycles. The van der Waals surface area contributed by atoms with E-state index in [1.54, 1.807) is 0 Å². The molecule has 0 heterocycles. The predicted octanol–water partition coefficient (Wildman–Crippen LogP) is 19.4. The molecule has 0 aromatic rings. The summed E-state index contributed by atoms with van der Waals surface area (Å²) in [6.45, 7) is 9.06. The van der Waals surface area contributed by atoms with Crippen molar-refractivity contribution in [1.82, 2.24) is 0 Å². The Kier molecular flexibility index (Phi) is 52.1. The summed E-state index contributed by atoms with van der Waals surface area (Å²) in [5.74, 6) is 0.00393. The summed E-state index contributed by atoms with van der Waals surface area (Å²) in [4.78, 5) is 38.1. The largest absolute Gasteiger partial charge is 0.462 e. The van der Waals surface area contributed by atoms with E-state index in [1.807, 2.05) is 0 Å². The molecular weight excluding hydrogens is 805 g/mol. The van der Waals surface area contributed by atoms with Crippen molar-refractivity contribution in [2.24, 2.45) is 5.92 Å². The summed E-state index contributed by atoms with van der Waals surface area (Å²) < 4.78 is 16.9. The smallest absolute Gasteiger partial charge is 0.306 e. The number of hydrogen-bond acceptors (Lipinski definition) is 6. The molecule has 0 N–H and O–H groups in total. The molecule has 0 bridgehead atoms. The normalized spacial score (nSPS) is 12.0. The lowest BCUT2D eigenvalue weighted by molar-refractivity contribution is -0.167. The zero-order valence-electron chi connectivity index (χ0n) is 44.5. The molecule has 6 nitrogen and oxygen atoms in total. The van der Waals surface area contributed by atoms with Gasteiger partial charge in [-0.1, -0.05) is 297 Å². The molecule has 0 saturated heterocycles. The van der Waals surface area contributed by atoms with Crippen molar-refractivity contribution in [2.75, 3.05) is 13.2 Å². The van der Waals surface area contributed by atoms with Crippen LogP contribution in [0, 0.1) is 5.92 Å². The Balaban J connectivity index is 4.28. The first-order chi connectivity index (χ1) is 31.9. The molecule has 0 unspecified atom stereocenters. The van der Waals surface area contributed by atoms with Crippen LogP contribution in [0.5, 0.6) is 0 Å². The molecule has 0 rings (SSSR count). The van der Waals surface area contributed by atoms with Gasteiger partial charge in [0.15, 0.2) is 6.10 Å². The Labute approximate surface area is 406 Å². The average Bonchev–Trinajstić information content (AvgIpc) is 3.29. The minimum Gasteiger partial charge on any atom is -0.462 e. The van der Waals surface area contributed by atoms with Crippen molar-refractivity contribution >= 4 is 17.9 Å². The number of unbranched alkanes of at least 4 members (excludes halogenated alkanes) is 41. The molecule has 0 aliphatic carbocycles. The van der Waals surface area contributed by atoms with Crippen molar-refractivity contribution in [2.45, 2.75) is 342 Å². The SMILES string of the molecule is CCCCCCCCCCCCCCCCCCCCC(=O)OC[C@@H](COC(=O)CCCCCCCCCCCCCCC)OC(=O)CCCCCCCCCCCCCCCC(C)C. The summed E-state index contributed by atoms with van der Waals surface area (Å²) in [5.41, 5.74) is 0. The summed E-state index contributed by atoms with van der Waals surface area (Å²) in [7, 11) is 0. The van der Waals surface area contributed by atoms with Gasteiger partial charge in [0.2, 0.25) is 0 Å². The molecule has 386 valence electrons. The second-order valence-corrected chi connectivity index (χ2v) is 20.8. The van der Waals surface area contributed by atoms with Crippen LogP contribution in [0.25, 0.3) is 0 Å². The van der Waals surface area contributed by atoms with E-state index in [4.69, 9.17) is 14.2 Å². The van der Waals surface area contributed by atoms with Crippen molar-refractivity contribution in [3.63, 3.8) is 0 Å².